The fourth-order valence-electron chi connectivity index (χ4n) is 3.57. The van der Waals surface area contributed by atoms with Crippen molar-refractivity contribution in [2.75, 3.05) is 20.1 Å². The SMILES string of the molecule is CN(C(=O)OC(C)(C)C)C1CCN(C(=O)c2cccc3c(Br)cccc23)CC1. The van der Waals surface area contributed by atoms with Crippen LogP contribution in [-0.4, -0.2) is 53.6 Å². The van der Waals surface area contributed by atoms with E-state index in [1.165, 1.54) is 0 Å². The standard InChI is InChI=1S/C22H27BrN2O3/c1-22(2,3)28-21(27)24(4)15-11-13-25(14-12-15)20(26)18-9-5-8-17-16(18)7-6-10-19(17)23/h5-10,15H,11-14H2,1-4H3. The Bertz CT molecular complexity index is 883. The Morgan fingerprint density at radius 1 is 1.07 bits per heavy atom. The molecule has 1 heterocycles. The molecule has 0 bridgehead atoms. The fraction of sp³-hybridized carbons (Fsp3) is 0.455. The number of halogens is 1. The average Bonchev–Trinajstić information content (AvgIpc) is 2.65. The number of hydrogen-bond acceptors (Lipinski definition) is 3. The molecule has 2 aromatic carbocycles. The van der Waals surface area contributed by atoms with Gasteiger partial charge in [0.25, 0.3) is 5.91 Å². The molecule has 1 saturated heterocycles. The van der Waals surface area contributed by atoms with Crippen molar-refractivity contribution in [3.05, 3.63) is 46.4 Å². The van der Waals surface area contributed by atoms with Gasteiger partial charge in [-0.05, 0) is 56.5 Å². The van der Waals surface area contributed by atoms with Crippen LogP contribution >= 0.6 is 15.9 Å². The molecule has 6 heteroatoms. The van der Waals surface area contributed by atoms with E-state index in [0.717, 1.165) is 33.7 Å². The first-order valence-electron chi connectivity index (χ1n) is 9.60. The number of ether oxygens (including phenoxy) is 1. The van der Waals surface area contributed by atoms with Crippen molar-refractivity contribution >= 4 is 38.7 Å². The van der Waals surface area contributed by atoms with E-state index < -0.39 is 5.60 Å². The molecular weight excluding hydrogens is 420 g/mol. The van der Waals surface area contributed by atoms with E-state index in [2.05, 4.69) is 15.9 Å². The number of hydrogen-bond donors (Lipinski definition) is 0. The van der Waals surface area contributed by atoms with Crippen LogP contribution in [0.3, 0.4) is 0 Å². The lowest BCUT2D eigenvalue weighted by molar-refractivity contribution is 0.0156. The second-order valence-corrected chi connectivity index (χ2v) is 9.11. The number of rotatable bonds is 2. The molecule has 0 aromatic heterocycles. The van der Waals surface area contributed by atoms with Gasteiger partial charge in [-0.15, -0.1) is 0 Å². The minimum absolute atomic E-state index is 0.0436. The molecule has 1 aliphatic heterocycles. The van der Waals surface area contributed by atoms with E-state index in [1.807, 2.05) is 62.1 Å². The van der Waals surface area contributed by atoms with E-state index in [9.17, 15) is 9.59 Å². The maximum absolute atomic E-state index is 13.1. The van der Waals surface area contributed by atoms with Crippen LogP contribution in [0.2, 0.25) is 0 Å². The molecule has 0 saturated carbocycles. The lowest BCUT2D eigenvalue weighted by Crippen LogP contribution is -2.48. The summed E-state index contributed by atoms with van der Waals surface area (Å²) in [7, 11) is 1.78. The molecule has 28 heavy (non-hydrogen) atoms. The van der Waals surface area contributed by atoms with Crippen LogP contribution in [-0.2, 0) is 4.74 Å². The second-order valence-electron chi connectivity index (χ2n) is 8.26. The Hall–Kier alpha value is -2.08. The summed E-state index contributed by atoms with van der Waals surface area (Å²) in [5.74, 6) is 0.0436. The van der Waals surface area contributed by atoms with E-state index in [4.69, 9.17) is 4.74 Å². The Morgan fingerprint density at radius 2 is 1.68 bits per heavy atom. The smallest absolute Gasteiger partial charge is 0.410 e. The molecule has 0 unspecified atom stereocenters. The summed E-state index contributed by atoms with van der Waals surface area (Å²) in [4.78, 5) is 29.0. The maximum atomic E-state index is 13.1. The number of benzene rings is 2. The van der Waals surface area contributed by atoms with Crippen LogP contribution in [0.5, 0.6) is 0 Å². The first-order valence-corrected chi connectivity index (χ1v) is 10.4. The zero-order valence-corrected chi connectivity index (χ0v) is 18.5. The van der Waals surface area contributed by atoms with Gasteiger partial charge < -0.3 is 14.5 Å². The molecule has 2 amide bonds. The monoisotopic (exact) mass is 446 g/mol. The third-order valence-electron chi connectivity index (χ3n) is 5.08. The number of amides is 2. The van der Waals surface area contributed by atoms with Crippen molar-refractivity contribution in [1.82, 2.24) is 9.80 Å². The molecule has 3 rings (SSSR count). The van der Waals surface area contributed by atoms with Crippen molar-refractivity contribution in [2.24, 2.45) is 0 Å². The highest BCUT2D eigenvalue weighted by molar-refractivity contribution is 9.10. The van der Waals surface area contributed by atoms with Crippen LogP contribution in [0.1, 0.15) is 44.0 Å². The molecule has 0 spiro atoms. The number of fused-ring (bicyclic) bond motifs is 1. The highest BCUT2D eigenvalue weighted by Crippen LogP contribution is 2.28. The third kappa shape index (κ3) is 4.49. The van der Waals surface area contributed by atoms with Crippen LogP contribution in [0.15, 0.2) is 40.9 Å². The lowest BCUT2D eigenvalue weighted by Gasteiger charge is -2.37. The van der Waals surface area contributed by atoms with Crippen molar-refractivity contribution in [3.63, 3.8) is 0 Å². The van der Waals surface area contributed by atoms with Crippen LogP contribution in [0.4, 0.5) is 4.79 Å². The fourth-order valence-corrected chi connectivity index (χ4v) is 4.07. The van der Waals surface area contributed by atoms with Gasteiger partial charge in [0.2, 0.25) is 0 Å². The van der Waals surface area contributed by atoms with E-state index in [1.54, 1.807) is 11.9 Å². The highest BCUT2D eigenvalue weighted by atomic mass is 79.9. The normalized spacial score (nSPS) is 15.5. The van der Waals surface area contributed by atoms with Crippen LogP contribution in [0.25, 0.3) is 10.8 Å². The minimum atomic E-state index is -0.509. The van der Waals surface area contributed by atoms with E-state index >= 15 is 0 Å². The summed E-state index contributed by atoms with van der Waals surface area (Å²) in [5.41, 5.74) is 0.211. The zero-order chi connectivity index (χ0) is 20.5. The van der Waals surface area contributed by atoms with Gasteiger partial charge in [-0.25, -0.2) is 4.79 Å². The van der Waals surface area contributed by atoms with Gasteiger partial charge >= 0.3 is 6.09 Å². The summed E-state index contributed by atoms with van der Waals surface area (Å²) in [6.07, 6.45) is 1.18. The van der Waals surface area contributed by atoms with Crippen molar-refractivity contribution < 1.29 is 14.3 Å². The molecule has 0 N–H and O–H groups in total. The largest absolute Gasteiger partial charge is 0.444 e. The van der Waals surface area contributed by atoms with Gasteiger partial charge in [0.15, 0.2) is 0 Å². The quantitative estimate of drug-likeness (QED) is 0.646. The molecule has 1 aliphatic rings. The Kier molecular flexibility index (Phi) is 5.98. The number of likely N-dealkylation sites (tertiary alicyclic amines) is 1. The lowest BCUT2D eigenvalue weighted by atomic mass is 10.0. The molecule has 0 aliphatic carbocycles. The van der Waals surface area contributed by atoms with Gasteiger partial charge in [0.05, 0.1) is 0 Å². The summed E-state index contributed by atoms with van der Waals surface area (Å²) in [6, 6.07) is 11.8. The predicted octanol–water partition coefficient (Wildman–Crippen LogP) is 5.07. The van der Waals surface area contributed by atoms with Gasteiger partial charge in [-0.2, -0.15) is 0 Å². The first-order chi connectivity index (χ1) is 13.2. The number of carbonyl (C=O) groups is 2. The molecule has 150 valence electrons. The summed E-state index contributed by atoms with van der Waals surface area (Å²) >= 11 is 3.56. The molecule has 0 atom stereocenters. The average molecular weight is 447 g/mol. The van der Waals surface area contributed by atoms with Gasteiger partial charge in [0, 0.05) is 36.2 Å². The van der Waals surface area contributed by atoms with Crippen molar-refractivity contribution in [3.8, 4) is 0 Å². The van der Waals surface area contributed by atoms with Crippen molar-refractivity contribution in [1.29, 1.82) is 0 Å². The molecule has 1 fully saturated rings. The molecule has 5 nitrogen and oxygen atoms in total. The van der Waals surface area contributed by atoms with Gasteiger partial charge in [-0.1, -0.05) is 40.2 Å². The molecule has 2 aromatic rings. The van der Waals surface area contributed by atoms with E-state index in [0.29, 0.717) is 13.1 Å². The summed E-state index contributed by atoms with van der Waals surface area (Å²) < 4.78 is 6.44. The molecule has 0 radical (unpaired) electrons. The van der Waals surface area contributed by atoms with Gasteiger partial charge in [0.1, 0.15) is 5.60 Å². The number of carbonyl (C=O) groups excluding carboxylic acids is 2. The Balaban J connectivity index is 1.68. The van der Waals surface area contributed by atoms with E-state index in [-0.39, 0.29) is 18.0 Å². The number of piperidine rings is 1. The second kappa shape index (κ2) is 8.11. The highest BCUT2D eigenvalue weighted by Gasteiger charge is 2.30. The zero-order valence-electron chi connectivity index (χ0n) is 16.9. The third-order valence-corrected chi connectivity index (χ3v) is 5.77. The predicted molar refractivity (Wildman–Crippen MR) is 115 cm³/mol. The van der Waals surface area contributed by atoms with Crippen LogP contribution in [0, 0.1) is 0 Å². The Labute approximate surface area is 174 Å². The summed E-state index contributed by atoms with van der Waals surface area (Å²) in [5, 5.41) is 1.99. The minimum Gasteiger partial charge on any atom is -0.444 e. The number of nitrogens with zero attached hydrogens (tertiary/aromatic N) is 2. The Morgan fingerprint density at radius 3 is 2.32 bits per heavy atom. The first kappa shape index (κ1) is 20.6. The van der Waals surface area contributed by atoms with Crippen LogP contribution < -0.4 is 0 Å². The molecular formula is C22H27BrN2O3. The van der Waals surface area contributed by atoms with Gasteiger partial charge in [-0.3, -0.25) is 4.79 Å². The maximum Gasteiger partial charge on any atom is 0.410 e. The topological polar surface area (TPSA) is 49.9 Å². The van der Waals surface area contributed by atoms with Crippen molar-refractivity contribution in [2.45, 2.75) is 45.3 Å². The summed E-state index contributed by atoms with van der Waals surface area (Å²) in [6.45, 7) is 6.84.